The maximum Gasteiger partial charge on any atom is 0.289 e. The first-order valence-corrected chi connectivity index (χ1v) is 5.94. The molecule has 0 radical (unpaired) electrons. The Balaban J connectivity index is 2.72. The van der Waals surface area contributed by atoms with E-state index in [2.05, 4.69) is 25.6 Å². The Hall–Kier alpha value is -2.05. The number of aromatic nitrogens is 3. The minimum absolute atomic E-state index is 0.0416. The summed E-state index contributed by atoms with van der Waals surface area (Å²) < 4.78 is 0. The predicted octanol–water partition coefficient (Wildman–Crippen LogP) is 0.151. The van der Waals surface area contributed by atoms with Gasteiger partial charge in [0.15, 0.2) is 0 Å². The highest BCUT2D eigenvalue weighted by molar-refractivity contribution is 5.93. The number of nitrogens with zero attached hydrogens (tertiary/aromatic N) is 3. The molecule has 0 aliphatic heterocycles. The molecule has 0 aromatic carbocycles. The highest BCUT2D eigenvalue weighted by atomic mass is 16.2. The first-order valence-electron chi connectivity index (χ1n) is 5.94. The van der Waals surface area contributed by atoms with Gasteiger partial charge in [0.1, 0.15) is 6.33 Å². The average molecular weight is 251 g/mol. The van der Waals surface area contributed by atoms with Crippen LogP contribution in [0, 0.1) is 0 Å². The molecular weight excluding hydrogens is 234 g/mol. The molecule has 1 heterocycles. The van der Waals surface area contributed by atoms with Crippen molar-refractivity contribution >= 4 is 11.8 Å². The van der Waals surface area contributed by atoms with Gasteiger partial charge in [-0.05, 0) is 12.8 Å². The van der Waals surface area contributed by atoms with Gasteiger partial charge in [-0.3, -0.25) is 9.59 Å². The summed E-state index contributed by atoms with van der Waals surface area (Å²) >= 11 is 0. The molecule has 18 heavy (non-hydrogen) atoms. The van der Waals surface area contributed by atoms with Gasteiger partial charge in [-0.1, -0.05) is 13.8 Å². The van der Waals surface area contributed by atoms with Crippen LogP contribution in [-0.2, 0) is 0 Å². The SMILES string of the molecule is CCCNC(=O)c1ncnc(C(=O)NCCC)n1. The number of rotatable bonds is 6. The molecule has 0 saturated heterocycles. The molecule has 0 saturated carbocycles. The summed E-state index contributed by atoms with van der Waals surface area (Å²) in [4.78, 5) is 34.5. The third kappa shape index (κ3) is 4.08. The van der Waals surface area contributed by atoms with Crippen molar-refractivity contribution in [2.75, 3.05) is 13.1 Å². The number of carbonyl (C=O) groups is 2. The van der Waals surface area contributed by atoms with Crippen molar-refractivity contribution in [2.45, 2.75) is 26.7 Å². The molecule has 98 valence electrons. The van der Waals surface area contributed by atoms with Gasteiger partial charge in [0.2, 0.25) is 11.6 Å². The third-order valence-corrected chi connectivity index (χ3v) is 2.05. The van der Waals surface area contributed by atoms with Gasteiger partial charge in [-0.15, -0.1) is 0 Å². The highest BCUT2D eigenvalue weighted by Crippen LogP contribution is 1.92. The van der Waals surface area contributed by atoms with Crippen LogP contribution in [0.5, 0.6) is 0 Å². The van der Waals surface area contributed by atoms with Gasteiger partial charge in [-0.2, -0.15) is 4.98 Å². The number of carbonyl (C=O) groups excluding carboxylic acids is 2. The Morgan fingerprint density at radius 2 is 1.44 bits per heavy atom. The molecule has 7 nitrogen and oxygen atoms in total. The molecule has 0 fully saturated rings. The second-order valence-corrected chi connectivity index (χ2v) is 3.64. The summed E-state index contributed by atoms with van der Waals surface area (Å²) in [5.74, 6) is -0.882. The fraction of sp³-hybridized carbons (Fsp3) is 0.545. The summed E-state index contributed by atoms with van der Waals surface area (Å²) in [7, 11) is 0. The number of hydrogen-bond donors (Lipinski definition) is 2. The van der Waals surface area contributed by atoms with Gasteiger partial charge < -0.3 is 10.6 Å². The van der Waals surface area contributed by atoms with Gasteiger partial charge in [-0.25, -0.2) is 9.97 Å². The van der Waals surface area contributed by atoms with Crippen LogP contribution < -0.4 is 10.6 Å². The van der Waals surface area contributed by atoms with Gasteiger partial charge in [0, 0.05) is 13.1 Å². The second kappa shape index (κ2) is 7.31. The Morgan fingerprint density at radius 1 is 1.00 bits per heavy atom. The molecule has 1 aromatic rings. The fourth-order valence-corrected chi connectivity index (χ4v) is 1.15. The molecule has 1 aromatic heterocycles. The van der Waals surface area contributed by atoms with E-state index in [-0.39, 0.29) is 11.6 Å². The molecule has 0 unspecified atom stereocenters. The molecule has 0 aliphatic carbocycles. The van der Waals surface area contributed by atoms with Crippen LogP contribution in [0.3, 0.4) is 0 Å². The molecule has 0 aliphatic rings. The normalized spacial score (nSPS) is 9.89. The zero-order valence-corrected chi connectivity index (χ0v) is 10.6. The molecule has 1 rings (SSSR count). The first-order chi connectivity index (χ1) is 8.69. The van der Waals surface area contributed by atoms with E-state index in [0.717, 1.165) is 19.2 Å². The van der Waals surface area contributed by atoms with E-state index >= 15 is 0 Å². The van der Waals surface area contributed by atoms with Crippen molar-refractivity contribution in [3.8, 4) is 0 Å². The summed E-state index contributed by atoms with van der Waals surface area (Å²) in [6, 6.07) is 0. The smallest absolute Gasteiger partial charge is 0.289 e. The molecule has 0 bridgehead atoms. The molecule has 7 heteroatoms. The van der Waals surface area contributed by atoms with Crippen LogP contribution in [0.1, 0.15) is 47.9 Å². The summed E-state index contributed by atoms with van der Waals surface area (Å²) in [6.45, 7) is 4.97. The lowest BCUT2D eigenvalue weighted by Gasteiger charge is -2.04. The number of amides is 2. The predicted molar refractivity (Wildman–Crippen MR) is 65.1 cm³/mol. The van der Waals surface area contributed by atoms with E-state index in [9.17, 15) is 9.59 Å². The lowest BCUT2D eigenvalue weighted by molar-refractivity contribution is 0.0936. The largest absolute Gasteiger partial charge is 0.349 e. The summed E-state index contributed by atoms with van der Waals surface area (Å²) in [5, 5.41) is 5.27. The van der Waals surface area contributed by atoms with E-state index < -0.39 is 11.8 Å². The van der Waals surface area contributed by atoms with Gasteiger partial charge in [0.05, 0.1) is 0 Å². The minimum Gasteiger partial charge on any atom is -0.349 e. The Bertz CT molecular complexity index is 386. The summed E-state index contributed by atoms with van der Waals surface area (Å²) in [6.07, 6.45) is 2.80. The van der Waals surface area contributed by atoms with Crippen LogP contribution in [-0.4, -0.2) is 39.9 Å². The maximum absolute atomic E-state index is 11.6. The first kappa shape index (κ1) is 14.0. The van der Waals surface area contributed by atoms with E-state index in [0.29, 0.717) is 13.1 Å². The topological polar surface area (TPSA) is 96.9 Å². The van der Waals surface area contributed by atoms with Gasteiger partial charge >= 0.3 is 0 Å². The van der Waals surface area contributed by atoms with E-state index in [1.165, 1.54) is 0 Å². The molecule has 2 N–H and O–H groups in total. The molecule has 0 spiro atoms. The standard InChI is InChI=1S/C11H17N5O2/c1-3-5-12-10(17)8-14-7-15-9(16-8)11(18)13-6-4-2/h7H,3-6H2,1-2H3,(H,12,17)(H,13,18). The Kier molecular flexibility index (Phi) is 5.69. The lowest BCUT2D eigenvalue weighted by atomic mass is 10.4. The Morgan fingerprint density at radius 3 is 1.83 bits per heavy atom. The van der Waals surface area contributed by atoms with E-state index in [1.54, 1.807) is 0 Å². The summed E-state index contributed by atoms with van der Waals surface area (Å²) in [5.41, 5.74) is 0. The highest BCUT2D eigenvalue weighted by Gasteiger charge is 2.13. The van der Waals surface area contributed by atoms with Crippen molar-refractivity contribution in [2.24, 2.45) is 0 Å². The maximum atomic E-state index is 11.6. The fourth-order valence-electron chi connectivity index (χ4n) is 1.15. The van der Waals surface area contributed by atoms with Crippen LogP contribution in [0.2, 0.25) is 0 Å². The number of nitrogens with one attached hydrogen (secondary N) is 2. The van der Waals surface area contributed by atoms with Crippen molar-refractivity contribution in [1.29, 1.82) is 0 Å². The van der Waals surface area contributed by atoms with Crippen LogP contribution in [0.25, 0.3) is 0 Å². The second-order valence-electron chi connectivity index (χ2n) is 3.64. The van der Waals surface area contributed by atoms with E-state index in [1.807, 2.05) is 13.8 Å². The van der Waals surface area contributed by atoms with Crippen LogP contribution >= 0.6 is 0 Å². The quantitative estimate of drug-likeness (QED) is 0.750. The zero-order valence-electron chi connectivity index (χ0n) is 10.6. The molecular formula is C11H17N5O2. The molecule has 2 amide bonds. The average Bonchev–Trinajstić information content (AvgIpc) is 2.42. The Labute approximate surface area is 105 Å². The van der Waals surface area contributed by atoms with Crippen LogP contribution in [0.15, 0.2) is 6.33 Å². The van der Waals surface area contributed by atoms with E-state index in [4.69, 9.17) is 0 Å². The minimum atomic E-state index is -0.399. The third-order valence-electron chi connectivity index (χ3n) is 2.05. The van der Waals surface area contributed by atoms with Crippen molar-refractivity contribution in [1.82, 2.24) is 25.6 Å². The molecule has 0 atom stereocenters. The van der Waals surface area contributed by atoms with Crippen LogP contribution in [0.4, 0.5) is 0 Å². The van der Waals surface area contributed by atoms with Crippen molar-refractivity contribution < 1.29 is 9.59 Å². The number of hydrogen-bond acceptors (Lipinski definition) is 5. The van der Waals surface area contributed by atoms with Crippen molar-refractivity contribution in [3.63, 3.8) is 0 Å². The van der Waals surface area contributed by atoms with Gasteiger partial charge in [0.25, 0.3) is 11.8 Å². The monoisotopic (exact) mass is 251 g/mol. The lowest BCUT2D eigenvalue weighted by Crippen LogP contribution is -2.30. The zero-order chi connectivity index (χ0) is 13.4. The van der Waals surface area contributed by atoms with Crippen molar-refractivity contribution in [3.05, 3.63) is 18.0 Å².